The van der Waals surface area contributed by atoms with Gasteiger partial charge in [-0.25, -0.2) is 0 Å². The molecule has 0 fully saturated rings. The number of hydrogen-bond acceptors (Lipinski definition) is 5. The van der Waals surface area contributed by atoms with E-state index in [1.807, 2.05) is 13.0 Å². The van der Waals surface area contributed by atoms with Gasteiger partial charge in [-0.05, 0) is 50.2 Å². The minimum absolute atomic E-state index is 0.268. The molecule has 0 atom stereocenters. The number of para-hydroxylation sites is 1. The molecule has 7 heteroatoms. The Morgan fingerprint density at radius 3 is 2.11 bits per heavy atom. The third kappa shape index (κ3) is 4.33. The van der Waals surface area contributed by atoms with Crippen LogP contribution in [-0.2, 0) is 0 Å². The first-order valence-corrected chi connectivity index (χ1v) is 8.44. The average molecular weight is 365 g/mol. The van der Waals surface area contributed by atoms with Crippen molar-refractivity contribution in [3.63, 3.8) is 0 Å². The van der Waals surface area contributed by atoms with Gasteiger partial charge in [-0.3, -0.25) is 9.59 Å². The summed E-state index contributed by atoms with van der Waals surface area (Å²) in [6, 6.07) is 13.9. The molecule has 0 aliphatic carbocycles. The molecule has 0 saturated carbocycles. The van der Waals surface area contributed by atoms with Gasteiger partial charge in [-0.15, -0.1) is 0 Å². The highest BCUT2D eigenvalue weighted by atomic mass is 16.5. The zero-order valence-electron chi connectivity index (χ0n) is 15.0. The molecule has 0 radical (unpaired) electrons. The molecule has 0 aliphatic heterocycles. The molecule has 7 nitrogen and oxygen atoms in total. The summed E-state index contributed by atoms with van der Waals surface area (Å²) in [5.41, 5.74) is 2.03. The highest BCUT2D eigenvalue weighted by molar-refractivity contribution is 6.07. The van der Waals surface area contributed by atoms with Crippen LogP contribution in [0.15, 0.2) is 59.3 Å². The highest BCUT2D eigenvalue weighted by Gasteiger charge is 2.14. The van der Waals surface area contributed by atoms with Crippen molar-refractivity contribution < 1.29 is 18.8 Å². The number of carbonyl (C=O) groups excluding carboxylic acids is 2. The molecular formula is C20H19N3O4. The van der Waals surface area contributed by atoms with Crippen molar-refractivity contribution in [1.29, 1.82) is 0 Å². The van der Waals surface area contributed by atoms with Gasteiger partial charge in [0.2, 0.25) is 0 Å². The van der Waals surface area contributed by atoms with Gasteiger partial charge in [-0.2, -0.15) is 0 Å². The Balaban J connectivity index is 1.66. The molecule has 0 unspecified atom stereocenters. The maximum atomic E-state index is 12.5. The van der Waals surface area contributed by atoms with Crippen LogP contribution in [0.2, 0.25) is 0 Å². The average Bonchev–Trinajstić information content (AvgIpc) is 3.10. The summed E-state index contributed by atoms with van der Waals surface area (Å²) in [5.74, 6) is 0.405. The molecule has 0 saturated heterocycles. The van der Waals surface area contributed by atoms with Crippen molar-refractivity contribution in [1.82, 2.24) is 5.16 Å². The van der Waals surface area contributed by atoms with E-state index < -0.39 is 0 Å². The molecule has 138 valence electrons. The molecule has 2 aromatic carbocycles. The van der Waals surface area contributed by atoms with E-state index in [2.05, 4.69) is 15.8 Å². The molecule has 2 amide bonds. The number of hydrogen-bond donors (Lipinski definition) is 2. The number of anilines is 2. The maximum Gasteiger partial charge on any atom is 0.260 e. The lowest BCUT2D eigenvalue weighted by molar-refractivity contribution is 0.101. The summed E-state index contributed by atoms with van der Waals surface area (Å²) in [5, 5.41) is 9.16. The van der Waals surface area contributed by atoms with Gasteiger partial charge in [0.1, 0.15) is 17.1 Å². The van der Waals surface area contributed by atoms with Gasteiger partial charge in [0.15, 0.2) is 0 Å². The molecule has 3 rings (SSSR count). The van der Waals surface area contributed by atoms with Crippen molar-refractivity contribution in [3.05, 3.63) is 71.6 Å². The Hall–Kier alpha value is -3.61. The number of amides is 2. The Kier molecular flexibility index (Phi) is 5.51. The summed E-state index contributed by atoms with van der Waals surface area (Å²) in [4.78, 5) is 24.6. The second kappa shape index (κ2) is 8.18. The topological polar surface area (TPSA) is 93.5 Å². The van der Waals surface area contributed by atoms with Crippen molar-refractivity contribution in [2.24, 2.45) is 0 Å². The third-order valence-corrected chi connectivity index (χ3v) is 3.83. The fraction of sp³-hybridized carbons (Fsp3) is 0.150. The smallest absolute Gasteiger partial charge is 0.260 e. The van der Waals surface area contributed by atoms with Crippen LogP contribution in [-0.4, -0.2) is 23.6 Å². The van der Waals surface area contributed by atoms with E-state index >= 15 is 0 Å². The number of carbonyl (C=O) groups is 2. The van der Waals surface area contributed by atoms with Crippen LogP contribution in [0.3, 0.4) is 0 Å². The van der Waals surface area contributed by atoms with E-state index in [1.54, 1.807) is 49.4 Å². The van der Waals surface area contributed by atoms with Crippen LogP contribution in [0.1, 0.15) is 33.4 Å². The SMILES string of the molecule is CCOc1ccccc1C(=O)Nc1ccc(NC(=O)c2cnoc2C)cc1. The van der Waals surface area contributed by atoms with Gasteiger partial charge in [0.25, 0.3) is 11.8 Å². The predicted molar refractivity (Wildman–Crippen MR) is 101 cm³/mol. The van der Waals surface area contributed by atoms with Crippen LogP contribution in [0.4, 0.5) is 11.4 Å². The van der Waals surface area contributed by atoms with E-state index in [-0.39, 0.29) is 11.8 Å². The van der Waals surface area contributed by atoms with E-state index in [4.69, 9.17) is 9.26 Å². The first-order valence-electron chi connectivity index (χ1n) is 8.44. The minimum atomic E-state index is -0.309. The summed E-state index contributed by atoms with van der Waals surface area (Å²) < 4.78 is 10.4. The summed E-state index contributed by atoms with van der Waals surface area (Å²) in [6.07, 6.45) is 1.37. The second-order valence-electron chi connectivity index (χ2n) is 5.71. The zero-order valence-corrected chi connectivity index (χ0v) is 15.0. The Morgan fingerprint density at radius 2 is 1.56 bits per heavy atom. The molecule has 2 N–H and O–H groups in total. The largest absolute Gasteiger partial charge is 0.493 e. The quantitative estimate of drug-likeness (QED) is 0.691. The lowest BCUT2D eigenvalue weighted by Gasteiger charge is -2.11. The molecule has 0 bridgehead atoms. The molecule has 27 heavy (non-hydrogen) atoms. The maximum absolute atomic E-state index is 12.5. The fourth-order valence-electron chi connectivity index (χ4n) is 2.49. The van der Waals surface area contributed by atoms with E-state index in [1.165, 1.54) is 6.20 Å². The van der Waals surface area contributed by atoms with Crippen molar-refractivity contribution in [3.8, 4) is 5.75 Å². The molecular weight excluding hydrogens is 346 g/mol. The monoisotopic (exact) mass is 365 g/mol. The number of nitrogens with zero attached hydrogens (tertiary/aromatic N) is 1. The fourth-order valence-corrected chi connectivity index (χ4v) is 2.49. The van der Waals surface area contributed by atoms with Gasteiger partial charge in [-0.1, -0.05) is 17.3 Å². The van der Waals surface area contributed by atoms with Crippen LogP contribution >= 0.6 is 0 Å². The van der Waals surface area contributed by atoms with Gasteiger partial charge in [0, 0.05) is 11.4 Å². The highest BCUT2D eigenvalue weighted by Crippen LogP contribution is 2.21. The van der Waals surface area contributed by atoms with E-state index in [0.29, 0.717) is 40.6 Å². The number of benzene rings is 2. The number of ether oxygens (including phenoxy) is 1. The Labute approximate surface area is 156 Å². The van der Waals surface area contributed by atoms with E-state index in [9.17, 15) is 9.59 Å². The lowest BCUT2D eigenvalue weighted by Crippen LogP contribution is -2.14. The van der Waals surface area contributed by atoms with Crippen molar-refractivity contribution in [2.45, 2.75) is 13.8 Å². The van der Waals surface area contributed by atoms with Crippen LogP contribution in [0, 0.1) is 6.92 Å². The number of rotatable bonds is 6. The summed E-state index contributed by atoms with van der Waals surface area (Å²) in [6.45, 7) is 4.01. The summed E-state index contributed by atoms with van der Waals surface area (Å²) in [7, 11) is 0. The number of aryl methyl sites for hydroxylation is 1. The standard InChI is InChI=1S/C20H19N3O4/c1-3-26-18-7-5-4-6-16(18)19(24)22-14-8-10-15(11-9-14)23-20(25)17-12-21-27-13(17)2/h4-12H,3H2,1-2H3,(H,22,24)(H,23,25). The Morgan fingerprint density at radius 1 is 0.963 bits per heavy atom. The summed E-state index contributed by atoms with van der Waals surface area (Å²) >= 11 is 0. The molecule has 0 aliphatic rings. The first kappa shape index (κ1) is 18.2. The number of aromatic nitrogens is 1. The van der Waals surface area contributed by atoms with Crippen LogP contribution < -0.4 is 15.4 Å². The minimum Gasteiger partial charge on any atom is -0.493 e. The zero-order chi connectivity index (χ0) is 19.2. The van der Waals surface area contributed by atoms with E-state index in [0.717, 1.165) is 0 Å². The van der Waals surface area contributed by atoms with Gasteiger partial charge < -0.3 is 19.9 Å². The molecule has 0 spiro atoms. The van der Waals surface area contributed by atoms with Crippen LogP contribution in [0.5, 0.6) is 5.75 Å². The molecule has 1 aromatic heterocycles. The molecule has 3 aromatic rings. The number of nitrogens with one attached hydrogen (secondary N) is 2. The predicted octanol–water partition coefficient (Wildman–Crippen LogP) is 3.89. The molecule has 1 heterocycles. The first-order chi connectivity index (χ1) is 13.1. The Bertz CT molecular complexity index is 948. The third-order valence-electron chi connectivity index (χ3n) is 3.83. The lowest BCUT2D eigenvalue weighted by atomic mass is 10.1. The van der Waals surface area contributed by atoms with Gasteiger partial charge in [0.05, 0.1) is 18.4 Å². The van der Waals surface area contributed by atoms with Crippen molar-refractivity contribution in [2.75, 3.05) is 17.2 Å². The van der Waals surface area contributed by atoms with Crippen molar-refractivity contribution >= 4 is 23.2 Å². The second-order valence-corrected chi connectivity index (χ2v) is 5.71. The van der Waals surface area contributed by atoms with Crippen LogP contribution in [0.25, 0.3) is 0 Å². The normalized spacial score (nSPS) is 10.3. The van der Waals surface area contributed by atoms with Gasteiger partial charge >= 0.3 is 0 Å².